The van der Waals surface area contributed by atoms with Crippen molar-refractivity contribution < 1.29 is 63.3 Å². The Labute approximate surface area is 451 Å². The van der Waals surface area contributed by atoms with Gasteiger partial charge in [-0.1, -0.05) is 27.7 Å². The second kappa shape index (κ2) is 36.7. The number of carbonyl (C=O) groups is 10. The number of hydrogen-bond donors (Lipinski definition) is 20. The Balaban J connectivity index is 7.04. The summed E-state index contributed by atoms with van der Waals surface area (Å²) in [5.74, 6) is -11.9. The first-order valence-electron chi connectivity index (χ1n) is 24.7. The van der Waals surface area contributed by atoms with Crippen LogP contribution < -0.4 is 88.4 Å². The van der Waals surface area contributed by atoms with Gasteiger partial charge in [0.25, 0.3) is 0 Å². The van der Waals surface area contributed by atoms with Crippen LogP contribution >= 0.6 is 12.6 Å². The summed E-state index contributed by atoms with van der Waals surface area (Å²) in [4.78, 5) is 145. The molecule has 77 heavy (non-hydrogen) atoms. The number of carboxylic acids is 1. The average molecular weight is 1120 g/mol. The van der Waals surface area contributed by atoms with Crippen molar-refractivity contribution in [1.82, 2.24) is 42.5 Å². The molecular formula is C44H83N19O13S. The van der Waals surface area contributed by atoms with Crippen LogP contribution in [0.25, 0.3) is 0 Å². The standard InChI is InChI=1S/C44H83N19O13S/c1-20(2)17-28(41(75)76)60-36(70)27(12-13-30(46)66)57-34(68)24(9-6-14-53-42(47)48)56-35(69)25(10-7-15-54-43(49)50)58-39(73)31(21(3)4)62-37(71)26(11-8-16-55-44(51)52)59-40(74)32(22(5)65)63-38(72)29(18-64)61-33(67)23(45)19-77/h20-29,31-32,64-65,77H,6-19,45H2,1-5H3,(H2,46,66)(H,56,69)(H,57,68)(H,58,73)(H,59,74)(H,60,70)(H,61,67)(H,62,71)(H,63,72)(H,75,76)(H4,47,48,53)(H4,49,50,54)(H4,51,52,55)/t22-,23+,24+,25+,26+,27+,28+,29+,31+,32+/m1/s1. The van der Waals surface area contributed by atoms with E-state index >= 15 is 0 Å². The maximum absolute atomic E-state index is 14.3. The molecule has 0 aromatic heterocycles. The lowest BCUT2D eigenvalue weighted by atomic mass is 10.0. The molecule has 27 N–H and O–H groups in total. The van der Waals surface area contributed by atoms with Crippen LogP contribution in [-0.2, 0) is 47.9 Å². The maximum Gasteiger partial charge on any atom is 0.326 e. The number of aliphatic carboxylic acids is 1. The highest BCUT2D eigenvalue weighted by Gasteiger charge is 2.36. The van der Waals surface area contributed by atoms with E-state index in [0.717, 1.165) is 6.92 Å². The maximum atomic E-state index is 14.3. The molecule has 0 saturated carbocycles. The van der Waals surface area contributed by atoms with E-state index in [1.54, 1.807) is 27.7 Å². The number of rotatable bonds is 38. The summed E-state index contributed by atoms with van der Waals surface area (Å²) in [5.41, 5.74) is 43.8. The number of nitrogens with one attached hydrogen (secondary N) is 8. The summed E-state index contributed by atoms with van der Waals surface area (Å²) < 4.78 is 0. The zero-order chi connectivity index (χ0) is 59.1. The zero-order valence-corrected chi connectivity index (χ0v) is 45.1. The van der Waals surface area contributed by atoms with E-state index in [0.29, 0.717) is 0 Å². The number of guanidine groups is 3. The highest BCUT2D eigenvalue weighted by Crippen LogP contribution is 2.12. The Bertz CT molecular complexity index is 2070. The average Bonchev–Trinajstić information content (AvgIpc) is 3.33. The minimum absolute atomic E-state index is 0.0210. The molecule has 0 saturated heterocycles. The summed E-state index contributed by atoms with van der Waals surface area (Å²) in [6, 6.07) is -13.4. The summed E-state index contributed by atoms with van der Waals surface area (Å²) in [7, 11) is 0. The molecule has 0 radical (unpaired) electrons. The highest BCUT2D eigenvalue weighted by atomic mass is 32.1. The van der Waals surface area contributed by atoms with Gasteiger partial charge in [0.05, 0.1) is 18.8 Å². The van der Waals surface area contributed by atoms with Crippen molar-refractivity contribution in [2.24, 2.45) is 72.7 Å². The number of hydrogen-bond acceptors (Lipinski definition) is 17. The van der Waals surface area contributed by atoms with Gasteiger partial charge in [-0.3, -0.25) is 58.1 Å². The van der Waals surface area contributed by atoms with Crippen molar-refractivity contribution >= 4 is 89.6 Å². The number of carboxylic acid groups (broad SMARTS) is 1. The molecule has 32 nitrogen and oxygen atoms in total. The van der Waals surface area contributed by atoms with E-state index in [1.165, 1.54) is 0 Å². The minimum atomic E-state index is -1.78. The Morgan fingerprint density at radius 1 is 0.481 bits per heavy atom. The van der Waals surface area contributed by atoms with Gasteiger partial charge in [0, 0.05) is 31.8 Å². The molecular weight excluding hydrogens is 1030 g/mol. The predicted molar refractivity (Wildman–Crippen MR) is 286 cm³/mol. The SMILES string of the molecule is CC(C)C[C@H](NC(=O)[C@H](CCC(N)=O)NC(=O)[C@H](CCCN=C(N)N)NC(=O)[C@H](CCCN=C(N)N)NC(=O)[C@@H](NC(=O)[C@H](CCCN=C(N)N)NC(=O)[C@@H](NC(=O)[C@H](CO)NC(=O)[C@@H](N)CS)[C@@H](C)O)C(C)C)C(=O)O. The van der Waals surface area contributed by atoms with Gasteiger partial charge in [-0.15, -0.1) is 0 Å². The summed E-state index contributed by atoms with van der Waals surface area (Å²) in [5, 5.41) is 49.6. The molecule has 0 spiro atoms. The number of carbonyl (C=O) groups excluding carboxylic acids is 9. The quantitative estimate of drug-likeness (QED) is 0.0118. The first-order valence-corrected chi connectivity index (χ1v) is 25.3. The molecule has 0 aliphatic carbocycles. The van der Waals surface area contributed by atoms with E-state index in [2.05, 4.69) is 70.1 Å². The molecule has 9 amide bonds. The number of nitrogens with two attached hydrogens (primary N) is 8. The largest absolute Gasteiger partial charge is 0.480 e. The van der Waals surface area contributed by atoms with Crippen LogP contribution in [0.1, 0.15) is 92.4 Å². The zero-order valence-electron chi connectivity index (χ0n) is 44.2. The number of primary amides is 1. The third-order valence-corrected chi connectivity index (χ3v) is 11.4. The van der Waals surface area contributed by atoms with Crippen molar-refractivity contribution in [3.63, 3.8) is 0 Å². The van der Waals surface area contributed by atoms with E-state index in [-0.39, 0.29) is 101 Å². The summed E-state index contributed by atoms with van der Waals surface area (Å²) in [6.45, 7) is 6.66. The molecule has 0 aromatic carbocycles. The van der Waals surface area contributed by atoms with Crippen molar-refractivity contribution in [1.29, 1.82) is 0 Å². The van der Waals surface area contributed by atoms with Gasteiger partial charge in [-0.2, -0.15) is 12.6 Å². The Hall–Kier alpha value is -7.26. The van der Waals surface area contributed by atoms with Gasteiger partial charge < -0.3 is 104 Å². The molecule has 0 fully saturated rings. The topological polar surface area (TPSA) is 573 Å². The number of aliphatic hydroxyl groups is 2. The van der Waals surface area contributed by atoms with Crippen molar-refractivity contribution in [2.45, 2.75) is 153 Å². The number of aliphatic imine (C=N–C) groups is 3. The van der Waals surface area contributed by atoms with Gasteiger partial charge in [0.2, 0.25) is 53.2 Å². The Morgan fingerprint density at radius 3 is 1.16 bits per heavy atom. The number of aliphatic hydroxyl groups excluding tert-OH is 2. The smallest absolute Gasteiger partial charge is 0.326 e. The second-order valence-corrected chi connectivity index (χ2v) is 19.0. The van der Waals surface area contributed by atoms with Gasteiger partial charge in [0.15, 0.2) is 17.9 Å². The van der Waals surface area contributed by atoms with Crippen molar-refractivity contribution in [3.8, 4) is 0 Å². The first kappa shape index (κ1) is 69.7. The monoisotopic (exact) mass is 1120 g/mol. The second-order valence-electron chi connectivity index (χ2n) is 18.6. The molecule has 33 heteroatoms. The van der Waals surface area contributed by atoms with Gasteiger partial charge >= 0.3 is 5.97 Å². The van der Waals surface area contributed by atoms with Crippen LogP contribution in [0.2, 0.25) is 0 Å². The molecule has 438 valence electrons. The lowest BCUT2D eigenvalue weighted by Gasteiger charge is -2.29. The fraction of sp³-hybridized carbons (Fsp3) is 0.705. The number of thiol groups is 1. The molecule has 0 rings (SSSR count). The van der Waals surface area contributed by atoms with Crippen molar-refractivity contribution in [2.75, 3.05) is 32.0 Å². The lowest BCUT2D eigenvalue weighted by molar-refractivity contribution is -0.143. The first-order chi connectivity index (χ1) is 35.9. The van der Waals surface area contributed by atoms with E-state index in [4.69, 9.17) is 45.9 Å². The van der Waals surface area contributed by atoms with Crippen LogP contribution in [0, 0.1) is 11.8 Å². The van der Waals surface area contributed by atoms with Crippen molar-refractivity contribution in [3.05, 3.63) is 0 Å². The van der Waals surface area contributed by atoms with Crippen LogP contribution in [0.4, 0.5) is 0 Å². The fourth-order valence-electron chi connectivity index (χ4n) is 6.91. The van der Waals surface area contributed by atoms with E-state index in [9.17, 15) is 63.3 Å². The lowest BCUT2D eigenvalue weighted by Crippen LogP contribution is -2.62. The third-order valence-electron chi connectivity index (χ3n) is 11.0. The summed E-state index contributed by atoms with van der Waals surface area (Å²) in [6.07, 6.45) is -2.74. The fourth-order valence-corrected chi connectivity index (χ4v) is 7.07. The Morgan fingerprint density at radius 2 is 0.818 bits per heavy atom. The van der Waals surface area contributed by atoms with Gasteiger partial charge in [0.1, 0.15) is 48.3 Å². The number of nitrogens with zero attached hydrogens (tertiary/aromatic N) is 3. The molecule has 10 atom stereocenters. The summed E-state index contributed by atoms with van der Waals surface area (Å²) >= 11 is 3.93. The molecule has 0 bridgehead atoms. The van der Waals surface area contributed by atoms with E-state index in [1.807, 2.05) is 0 Å². The van der Waals surface area contributed by atoms with Crippen LogP contribution in [0.5, 0.6) is 0 Å². The Kier molecular flexibility index (Phi) is 33.2. The number of amides is 9. The molecule has 0 unspecified atom stereocenters. The molecule has 0 heterocycles. The van der Waals surface area contributed by atoms with E-state index < -0.39 is 139 Å². The predicted octanol–water partition coefficient (Wildman–Crippen LogP) is -8.29. The van der Waals surface area contributed by atoms with Gasteiger partial charge in [-0.25, -0.2) is 4.79 Å². The normalized spacial score (nSPS) is 14.9. The molecule has 0 aliphatic heterocycles. The highest BCUT2D eigenvalue weighted by molar-refractivity contribution is 7.80. The molecule has 0 aromatic rings. The van der Waals surface area contributed by atoms with Crippen LogP contribution in [-0.4, -0.2) is 185 Å². The van der Waals surface area contributed by atoms with Crippen LogP contribution in [0.15, 0.2) is 15.0 Å². The third kappa shape index (κ3) is 29.0. The molecule has 0 aliphatic rings. The minimum Gasteiger partial charge on any atom is -0.480 e. The van der Waals surface area contributed by atoms with Gasteiger partial charge in [-0.05, 0) is 70.1 Å². The van der Waals surface area contributed by atoms with Crippen LogP contribution in [0.3, 0.4) is 0 Å².